The van der Waals surface area contributed by atoms with Gasteiger partial charge in [0.2, 0.25) is 0 Å². The Morgan fingerprint density at radius 3 is 1.80 bits per heavy atom. The summed E-state index contributed by atoms with van der Waals surface area (Å²) in [6.45, 7) is 0. The Kier molecular flexibility index (Phi) is 5.69. The first-order valence-corrected chi connectivity index (χ1v) is 17.4. The SMILES string of the molecule is c1ccc(-c2nc(-c3ccccc3)nc(-c3cccc4c3-c3ccccc3C43C4=C(Oc5ccccc5O4)c4c3sc3ccccc43)n2)cc1. The Bertz CT molecular complexity index is 2660. The molecule has 0 fully saturated rings. The van der Waals surface area contributed by atoms with Crippen LogP contribution < -0.4 is 9.47 Å². The normalized spacial score (nSPS) is 16.3. The third-order valence-electron chi connectivity index (χ3n) is 9.99. The molecule has 1 unspecified atom stereocenters. The van der Waals surface area contributed by atoms with E-state index < -0.39 is 5.41 Å². The van der Waals surface area contributed by atoms with E-state index in [1.807, 2.05) is 96.3 Å². The predicted molar refractivity (Wildman–Crippen MR) is 198 cm³/mol. The van der Waals surface area contributed by atoms with Crippen molar-refractivity contribution >= 4 is 27.2 Å². The number of ether oxygens (including phenoxy) is 2. The number of hydrogen-bond acceptors (Lipinski definition) is 6. The Labute approximate surface area is 291 Å². The lowest BCUT2D eigenvalue weighted by atomic mass is 9.76. The third kappa shape index (κ3) is 3.68. The second kappa shape index (κ2) is 10.3. The van der Waals surface area contributed by atoms with Crippen molar-refractivity contribution < 1.29 is 9.47 Å². The molecule has 0 amide bonds. The van der Waals surface area contributed by atoms with Crippen molar-refractivity contribution in [3.05, 3.63) is 179 Å². The maximum Gasteiger partial charge on any atom is 0.176 e. The highest BCUT2D eigenvalue weighted by molar-refractivity contribution is 7.19. The first-order chi connectivity index (χ1) is 24.8. The van der Waals surface area contributed by atoms with E-state index >= 15 is 0 Å². The fourth-order valence-corrected chi connectivity index (χ4v) is 9.33. The maximum absolute atomic E-state index is 7.02. The molecule has 6 heteroatoms. The van der Waals surface area contributed by atoms with Gasteiger partial charge in [0.05, 0.1) is 0 Å². The van der Waals surface area contributed by atoms with E-state index in [1.165, 1.54) is 15.0 Å². The molecule has 234 valence electrons. The van der Waals surface area contributed by atoms with Gasteiger partial charge in [0.1, 0.15) is 5.41 Å². The number of para-hydroxylation sites is 2. The van der Waals surface area contributed by atoms with Crippen molar-refractivity contribution in [2.75, 3.05) is 0 Å². The molecule has 0 bridgehead atoms. The van der Waals surface area contributed by atoms with Crippen molar-refractivity contribution in [1.29, 1.82) is 0 Å². The number of allylic oxidation sites excluding steroid dienone is 1. The van der Waals surface area contributed by atoms with Gasteiger partial charge in [-0.15, -0.1) is 11.3 Å². The third-order valence-corrected chi connectivity index (χ3v) is 11.3. The second-order valence-electron chi connectivity index (χ2n) is 12.7. The molecule has 3 heterocycles. The molecular weight excluding hydrogens is 635 g/mol. The van der Waals surface area contributed by atoms with Gasteiger partial charge >= 0.3 is 0 Å². The summed E-state index contributed by atoms with van der Waals surface area (Å²) < 4.78 is 15.1. The number of nitrogens with zero attached hydrogens (tertiary/aromatic N) is 3. The van der Waals surface area contributed by atoms with Crippen molar-refractivity contribution in [3.8, 4) is 56.8 Å². The summed E-state index contributed by atoms with van der Waals surface area (Å²) in [6.07, 6.45) is 0. The average Bonchev–Trinajstić information content (AvgIpc) is 3.81. The first kappa shape index (κ1) is 27.6. The highest BCUT2D eigenvalue weighted by Crippen LogP contribution is 2.67. The van der Waals surface area contributed by atoms with Gasteiger partial charge in [0.25, 0.3) is 0 Å². The van der Waals surface area contributed by atoms with E-state index in [9.17, 15) is 0 Å². The maximum atomic E-state index is 7.02. The van der Waals surface area contributed by atoms with Crippen LogP contribution in [-0.2, 0) is 5.41 Å². The Balaban J connectivity index is 1.22. The average molecular weight is 660 g/mol. The topological polar surface area (TPSA) is 57.1 Å². The van der Waals surface area contributed by atoms with Gasteiger partial charge < -0.3 is 9.47 Å². The standard InChI is InChI=1S/C44H25N3O2S/c1-3-14-26(15-4-1)41-45-42(27-16-5-2-6-17-27)47-43(46-41)30-20-13-22-32-36(30)28-18-7-9-21-31(28)44(32)39-38(48-33-23-10-11-24-34(33)49-39)37-29-19-8-12-25-35(29)50-40(37)44/h1-25H. The van der Waals surface area contributed by atoms with Gasteiger partial charge in [0, 0.05) is 37.2 Å². The zero-order valence-electron chi connectivity index (χ0n) is 26.5. The van der Waals surface area contributed by atoms with Crippen LogP contribution in [0.1, 0.15) is 21.6 Å². The Morgan fingerprint density at radius 1 is 0.460 bits per heavy atom. The molecule has 2 aromatic heterocycles. The van der Waals surface area contributed by atoms with E-state index in [2.05, 4.69) is 66.7 Å². The van der Waals surface area contributed by atoms with Gasteiger partial charge in [-0.2, -0.15) is 0 Å². The summed E-state index contributed by atoms with van der Waals surface area (Å²) in [6, 6.07) is 52.0. The number of thiophene rings is 1. The van der Waals surface area contributed by atoms with Gasteiger partial charge in [-0.05, 0) is 40.5 Å². The first-order valence-electron chi connectivity index (χ1n) is 16.6. The predicted octanol–water partition coefficient (Wildman–Crippen LogP) is 10.6. The van der Waals surface area contributed by atoms with Crippen LogP contribution in [0, 0.1) is 0 Å². The quantitative estimate of drug-likeness (QED) is 0.189. The molecule has 11 rings (SSSR count). The summed E-state index contributed by atoms with van der Waals surface area (Å²) in [5, 5.41) is 1.17. The van der Waals surface area contributed by atoms with Crippen LogP contribution in [0.25, 0.3) is 61.1 Å². The largest absolute Gasteiger partial charge is 0.452 e. The number of fused-ring (bicyclic) bond motifs is 12. The highest BCUT2D eigenvalue weighted by atomic mass is 32.1. The van der Waals surface area contributed by atoms with Gasteiger partial charge in [0.15, 0.2) is 40.5 Å². The van der Waals surface area contributed by atoms with Crippen molar-refractivity contribution in [2.24, 2.45) is 0 Å². The summed E-state index contributed by atoms with van der Waals surface area (Å²) in [5.41, 5.74) is 7.67. The monoisotopic (exact) mass is 659 g/mol. The zero-order valence-corrected chi connectivity index (χ0v) is 27.3. The lowest BCUT2D eigenvalue weighted by Crippen LogP contribution is -2.30. The van der Waals surface area contributed by atoms with Gasteiger partial charge in [-0.3, -0.25) is 0 Å². The minimum atomic E-state index is -0.735. The Hall–Kier alpha value is -6.37. The van der Waals surface area contributed by atoms with E-state index in [-0.39, 0.29) is 0 Å². The molecule has 50 heavy (non-hydrogen) atoms. The summed E-state index contributed by atoms with van der Waals surface area (Å²) in [7, 11) is 0. The molecule has 0 saturated heterocycles. The molecule has 1 aliphatic heterocycles. The van der Waals surface area contributed by atoms with Crippen LogP contribution in [0.4, 0.5) is 0 Å². The molecule has 3 aliphatic rings. The lowest BCUT2D eigenvalue weighted by molar-refractivity contribution is 0.317. The summed E-state index contributed by atoms with van der Waals surface area (Å²) >= 11 is 1.81. The molecule has 8 aromatic rings. The van der Waals surface area contributed by atoms with Gasteiger partial charge in [-0.1, -0.05) is 133 Å². The van der Waals surface area contributed by atoms with Crippen LogP contribution in [0.5, 0.6) is 11.5 Å². The molecule has 6 aromatic carbocycles. The molecule has 0 N–H and O–H groups in total. The summed E-state index contributed by atoms with van der Waals surface area (Å²) in [5.74, 6) is 4.90. The van der Waals surface area contributed by atoms with Crippen LogP contribution in [0.3, 0.4) is 0 Å². The number of rotatable bonds is 3. The van der Waals surface area contributed by atoms with Crippen molar-refractivity contribution in [3.63, 3.8) is 0 Å². The molecule has 0 saturated carbocycles. The van der Waals surface area contributed by atoms with Crippen molar-refractivity contribution in [2.45, 2.75) is 5.41 Å². The lowest BCUT2D eigenvalue weighted by Gasteiger charge is -2.32. The zero-order chi connectivity index (χ0) is 32.8. The second-order valence-corrected chi connectivity index (χ2v) is 13.7. The Morgan fingerprint density at radius 2 is 1.04 bits per heavy atom. The van der Waals surface area contributed by atoms with Crippen LogP contribution in [0.15, 0.2) is 157 Å². The van der Waals surface area contributed by atoms with Crippen LogP contribution in [0.2, 0.25) is 0 Å². The smallest absolute Gasteiger partial charge is 0.176 e. The minimum absolute atomic E-state index is 0.622. The van der Waals surface area contributed by atoms with E-state index in [0.717, 1.165) is 61.8 Å². The molecular formula is C44H25N3O2S. The van der Waals surface area contributed by atoms with E-state index in [4.69, 9.17) is 24.4 Å². The number of aromatic nitrogens is 3. The number of benzene rings is 6. The number of hydrogen-bond donors (Lipinski definition) is 0. The molecule has 1 atom stereocenters. The van der Waals surface area contributed by atoms with E-state index in [0.29, 0.717) is 23.2 Å². The minimum Gasteiger partial charge on any atom is -0.452 e. The summed E-state index contributed by atoms with van der Waals surface area (Å²) in [4.78, 5) is 16.5. The van der Waals surface area contributed by atoms with Crippen LogP contribution in [-0.4, -0.2) is 15.0 Å². The molecule has 5 nitrogen and oxygen atoms in total. The van der Waals surface area contributed by atoms with E-state index in [1.54, 1.807) is 0 Å². The molecule has 2 aliphatic carbocycles. The van der Waals surface area contributed by atoms with Crippen LogP contribution >= 0.6 is 11.3 Å². The molecule has 0 radical (unpaired) electrons. The molecule has 1 spiro atoms. The highest BCUT2D eigenvalue weighted by Gasteiger charge is 2.59. The fourth-order valence-electron chi connectivity index (χ4n) is 7.91. The van der Waals surface area contributed by atoms with Gasteiger partial charge in [-0.25, -0.2) is 15.0 Å². The fraction of sp³-hybridized carbons (Fsp3) is 0.0227. The van der Waals surface area contributed by atoms with Crippen molar-refractivity contribution in [1.82, 2.24) is 15.0 Å².